The highest BCUT2D eigenvalue weighted by molar-refractivity contribution is 7.46. The largest absolute Gasteiger partial charge is 0.469 e. The van der Waals surface area contributed by atoms with Crippen LogP contribution in [-0.2, 0) is 28.2 Å². The van der Waals surface area contributed by atoms with Gasteiger partial charge in [0.2, 0.25) is 5.78 Å². The van der Waals surface area contributed by atoms with Crippen molar-refractivity contribution in [1.82, 2.24) is 0 Å². The molecule has 0 rings (SSSR count). The second-order valence-corrected chi connectivity index (χ2v) is 3.66. The molecule has 0 bridgehead atoms. The molecular weight excluding hydrogens is 231 g/mol. The van der Waals surface area contributed by atoms with E-state index in [1.807, 2.05) is 0 Å². The number of phosphoric ester groups is 1. The lowest BCUT2D eigenvalue weighted by Gasteiger charge is -2.11. The van der Waals surface area contributed by atoms with Crippen molar-refractivity contribution in [3.05, 3.63) is 0 Å². The highest BCUT2D eigenvalue weighted by Gasteiger charge is 2.22. The Hall–Kier alpha value is -1.08. The maximum atomic E-state index is 10.7. The topological polar surface area (TPSA) is 127 Å². The van der Waals surface area contributed by atoms with Crippen LogP contribution in [0.1, 0.15) is 6.92 Å². The Morgan fingerprint density at radius 2 is 2.00 bits per heavy atom. The summed E-state index contributed by atoms with van der Waals surface area (Å²) in [6.07, 6.45) is -1.43. The first-order chi connectivity index (χ1) is 6.76. The molecule has 0 aliphatic carbocycles. The van der Waals surface area contributed by atoms with Gasteiger partial charge in [-0.3, -0.25) is 14.1 Å². The number of rotatable bonds is 6. The molecular formula is C6H9O8P. The zero-order valence-corrected chi connectivity index (χ0v) is 8.55. The summed E-state index contributed by atoms with van der Waals surface area (Å²) in [4.78, 5) is 47.9. The van der Waals surface area contributed by atoms with Crippen LogP contribution in [0.2, 0.25) is 0 Å². The van der Waals surface area contributed by atoms with Crippen LogP contribution < -0.4 is 0 Å². The second-order valence-electron chi connectivity index (χ2n) is 2.42. The first-order valence-corrected chi connectivity index (χ1v) is 5.16. The average molecular weight is 240 g/mol. The molecule has 0 aliphatic heterocycles. The van der Waals surface area contributed by atoms with E-state index in [0.29, 0.717) is 0 Å². The maximum absolute atomic E-state index is 10.7. The first-order valence-electron chi connectivity index (χ1n) is 3.63. The van der Waals surface area contributed by atoms with Gasteiger partial charge in [-0.25, -0.2) is 9.36 Å². The SMILES string of the molecule is CC(=O)C(=O)OC(C=O)COP(=O)(O)O. The fraction of sp³-hybridized carbons (Fsp3) is 0.500. The van der Waals surface area contributed by atoms with E-state index < -0.39 is 32.3 Å². The molecule has 2 N–H and O–H groups in total. The number of carbonyl (C=O) groups is 3. The van der Waals surface area contributed by atoms with Gasteiger partial charge in [-0.2, -0.15) is 0 Å². The van der Waals surface area contributed by atoms with E-state index in [-0.39, 0.29) is 6.29 Å². The lowest BCUT2D eigenvalue weighted by Crippen LogP contribution is -2.27. The number of esters is 1. The molecule has 1 atom stereocenters. The van der Waals surface area contributed by atoms with Crippen molar-refractivity contribution >= 4 is 25.9 Å². The Labute approximate surface area is 84.4 Å². The van der Waals surface area contributed by atoms with E-state index in [4.69, 9.17) is 9.79 Å². The van der Waals surface area contributed by atoms with Gasteiger partial charge in [0.25, 0.3) is 0 Å². The van der Waals surface area contributed by atoms with Crippen molar-refractivity contribution < 1.29 is 38.0 Å². The van der Waals surface area contributed by atoms with Crippen molar-refractivity contribution in [3.63, 3.8) is 0 Å². The number of carbonyl (C=O) groups excluding carboxylic acids is 3. The summed E-state index contributed by atoms with van der Waals surface area (Å²) in [7, 11) is -4.74. The Kier molecular flexibility index (Phi) is 5.31. The van der Waals surface area contributed by atoms with Gasteiger partial charge < -0.3 is 14.5 Å². The van der Waals surface area contributed by atoms with Crippen LogP contribution in [-0.4, -0.2) is 40.5 Å². The van der Waals surface area contributed by atoms with Crippen LogP contribution >= 0.6 is 7.82 Å². The van der Waals surface area contributed by atoms with Crippen molar-refractivity contribution in [2.75, 3.05) is 6.61 Å². The van der Waals surface area contributed by atoms with Crippen molar-refractivity contribution in [2.45, 2.75) is 13.0 Å². The van der Waals surface area contributed by atoms with Gasteiger partial charge in [-0.05, 0) is 0 Å². The van der Waals surface area contributed by atoms with E-state index in [9.17, 15) is 18.9 Å². The van der Waals surface area contributed by atoms with Crippen LogP contribution in [0.5, 0.6) is 0 Å². The highest BCUT2D eigenvalue weighted by atomic mass is 31.2. The number of hydrogen-bond acceptors (Lipinski definition) is 6. The molecule has 0 aromatic heterocycles. The minimum atomic E-state index is -4.74. The Morgan fingerprint density at radius 3 is 2.33 bits per heavy atom. The minimum Gasteiger partial charge on any atom is -0.446 e. The van der Waals surface area contributed by atoms with Crippen LogP contribution in [0.4, 0.5) is 0 Å². The number of Topliss-reactive ketones (excluding diaryl/α,β-unsaturated/α-hetero) is 1. The third kappa shape index (κ3) is 6.92. The zero-order chi connectivity index (χ0) is 12.1. The molecule has 0 radical (unpaired) electrons. The quantitative estimate of drug-likeness (QED) is 0.256. The van der Waals surface area contributed by atoms with E-state index in [1.165, 1.54) is 0 Å². The standard InChI is InChI=1S/C6H9O8P/c1-4(8)6(9)14-5(2-7)3-13-15(10,11)12/h2,5H,3H2,1H3,(H2,10,11,12). The fourth-order valence-corrected chi connectivity index (χ4v) is 0.833. The molecule has 0 heterocycles. The summed E-state index contributed by atoms with van der Waals surface area (Å²) in [6.45, 7) is 0.112. The molecule has 0 spiro atoms. The molecule has 1 unspecified atom stereocenters. The number of ketones is 1. The molecule has 0 aliphatic rings. The Morgan fingerprint density at radius 1 is 1.47 bits per heavy atom. The third-order valence-corrected chi connectivity index (χ3v) is 1.59. The molecule has 86 valence electrons. The molecule has 0 aromatic carbocycles. The van der Waals surface area contributed by atoms with Crippen LogP contribution in [0.15, 0.2) is 0 Å². The molecule has 0 amide bonds. The van der Waals surface area contributed by atoms with Gasteiger partial charge in [0, 0.05) is 6.92 Å². The maximum Gasteiger partial charge on any atom is 0.469 e. The summed E-state index contributed by atoms with van der Waals surface area (Å²) >= 11 is 0. The molecule has 9 heteroatoms. The van der Waals surface area contributed by atoms with Crippen molar-refractivity contribution in [3.8, 4) is 0 Å². The van der Waals surface area contributed by atoms with Gasteiger partial charge in [0.1, 0.15) is 6.61 Å². The minimum absolute atomic E-state index is 0.0938. The molecule has 0 aromatic rings. The Balaban J connectivity index is 4.16. The average Bonchev–Trinajstić information content (AvgIpc) is 2.10. The van der Waals surface area contributed by atoms with Gasteiger partial charge in [0.05, 0.1) is 0 Å². The van der Waals surface area contributed by atoms with Crippen molar-refractivity contribution in [2.24, 2.45) is 0 Å². The fourth-order valence-electron chi connectivity index (χ4n) is 0.492. The summed E-state index contributed by atoms with van der Waals surface area (Å²) < 4.78 is 18.4. The first kappa shape index (κ1) is 13.9. The summed E-state index contributed by atoms with van der Waals surface area (Å²) in [6, 6.07) is 0. The van der Waals surface area contributed by atoms with E-state index in [1.54, 1.807) is 0 Å². The van der Waals surface area contributed by atoms with E-state index in [2.05, 4.69) is 9.26 Å². The van der Waals surface area contributed by atoms with Crippen LogP contribution in [0, 0.1) is 0 Å². The van der Waals surface area contributed by atoms with Crippen molar-refractivity contribution in [1.29, 1.82) is 0 Å². The number of ether oxygens (including phenoxy) is 1. The van der Waals surface area contributed by atoms with Crippen LogP contribution in [0.3, 0.4) is 0 Å². The summed E-state index contributed by atoms with van der Waals surface area (Å²) in [5.74, 6) is -2.21. The lowest BCUT2D eigenvalue weighted by atomic mass is 10.4. The third-order valence-electron chi connectivity index (χ3n) is 1.10. The molecule has 0 saturated carbocycles. The van der Waals surface area contributed by atoms with Gasteiger partial charge in [0.15, 0.2) is 12.4 Å². The molecule has 0 fully saturated rings. The summed E-state index contributed by atoms with van der Waals surface area (Å²) in [5, 5.41) is 0. The molecule has 0 saturated heterocycles. The van der Waals surface area contributed by atoms with Gasteiger partial charge in [-0.15, -0.1) is 0 Å². The second kappa shape index (κ2) is 5.72. The zero-order valence-electron chi connectivity index (χ0n) is 7.65. The van der Waals surface area contributed by atoms with Crippen LogP contribution in [0.25, 0.3) is 0 Å². The highest BCUT2D eigenvalue weighted by Crippen LogP contribution is 2.35. The number of hydrogen-bond donors (Lipinski definition) is 2. The normalized spacial score (nSPS) is 13.0. The predicted molar refractivity (Wildman–Crippen MR) is 44.6 cm³/mol. The molecule has 8 nitrogen and oxygen atoms in total. The number of phosphoric acid groups is 1. The van der Waals surface area contributed by atoms with Gasteiger partial charge in [-0.1, -0.05) is 0 Å². The smallest absolute Gasteiger partial charge is 0.446 e. The predicted octanol–water partition coefficient (Wildman–Crippen LogP) is -1.20. The van der Waals surface area contributed by atoms with E-state index >= 15 is 0 Å². The number of aldehydes is 1. The van der Waals surface area contributed by atoms with Gasteiger partial charge >= 0.3 is 13.8 Å². The molecule has 15 heavy (non-hydrogen) atoms. The monoisotopic (exact) mass is 240 g/mol. The Bertz CT molecular complexity index is 304. The van der Waals surface area contributed by atoms with E-state index in [0.717, 1.165) is 6.92 Å². The lowest BCUT2D eigenvalue weighted by molar-refractivity contribution is -0.159. The summed E-state index contributed by atoms with van der Waals surface area (Å²) in [5.41, 5.74) is 0.